The van der Waals surface area contributed by atoms with Crippen LogP contribution in [-0.4, -0.2) is 14.7 Å². The van der Waals surface area contributed by atoms with E-state index >= 15 is 0 Å². The number of non-ortho nitro benzene ring substituents is 1. The molecule has 0 saturated carbocycles. The molecule has 0 atom stereocenters. The predicted molar refractivity (Wildman–Crippen MR) is 75.7 cm³/mol. The number of hydrogen-bond acceptors (Lipinski definition) is 3. The van der Waals surface area contributed by atoms with Crippen LogP contribution in [0.25, 0.3) is 16.9 Å². The Morgan fingerprint density at radius 2 is 1.75 bits per heavy atom. The molecule has 0 aliphatic heterocycles. The molecule has 1 aromatic heterocycles. The van der Waals surface area contributed by atoms with Crippen molar-refractivity contribution in [1.82, 2.24) is 9.78 Å². The SMILES string of the molecule is [2H]c1cc(-c2ccccc2)nn1-c1ccc([N+](=O)[O-])cc1. The second-order valence-electron chi connectivity index (χ2n) is 4.21. The molecule has 3 aromatic rings. The lowest BCUT2D eigenvalue weighted by atomic mass is 10.2. The molecule has 1 heterocycles. The van der Waals surface area contributed by atoms with Crippen molar-refractivity contribution in [1.29, 1.82) is 0 Å². The van der Waals surface area contributed by atoms with Gasteiger partial charge < -0.3 is 0 Å². The van der Waals surface area contributed by atoms with Crippen molar-refractivity contribution >= 4 is 5.69 Å². The number of benzene rings is 2. The Morgan fingerprint density at radius 3 is 2.40 bits per heavy atom. The average Bonchev–Trinajstić information content (AvgIpc) is 2.90. The van der Waals surface area contributed by atoms with E-state index in [9.17, 15) is 10.1 Å². The van der Waals surface area contributed by atoms with Crippen LogP contribution in [0.4, 0.5) is 5.69 Å². The summed E-state index contributed by atoms with van der Waals surface area (Å²) in [5, 5.41) is 15.0. The molecular formula is C15H11N3O2. The summed E-state index contributed by atoms with van der Waals surface area (Å²) >= 11 is 0. The van der Waals surface area contributed by atoms with E-state index in [1.807, 2.05) is 30.3 Å². The lowest BCUT2D eigenvalue weighted by Gasteiger charge is -2.00. The van der Waals surface area contributed by atoms with Gasteiger partial charge in [0.25, 0.3) is 5.69 Å². The van der Waals surface area contributed by atoms with Crippen molar-refractivity contribution in [3.8, 4) is 16.9 Å². The first-order valence-electron chi connectivity index (χ1n) is 6.52. The molecule has 0 bridgehead atoms. The summed E-state index contributed by atoms with van der Waals surface area (Å²) in [5.41, 5.74) is 2.25. The van der Waals surface area contributed by atoms with E-state index in [1.165, 1.54) is 16.8 Å². The van der Waals surface area contributed by atoms with Crippen LogP contribution in [0.15, 0.2) is 66.8 Å². The largest absolute Gasteiger partial charge is 0.269 e. The van der Waals surface area contributed by atoms with Crippen LogP contribution in [0.2, 0.25) is 0 Å². The van der Waals surface area contributed by atoms with Crippen molar-refractivity contribution in [2.24, 2.45) is 0 Å². The van der Waals surface area contributed by atoms with Crippen molar-refractivity contribution in [3.63, 3.8) is 0 Å². The summed E-state index contributed by atoms with van der Waals surface area (Å²) in [6, 6.07) is 17.2. The zero-order valence-electron chi connectivity index (χ0n) is 11.4. The minimum atomic E-state index is -0.454. The van der Waals surface area contributed by atoms with Gasteiger partial charge in [0, 0.05) is 23.9 Å². The van der Waals surface area contributed by atoms with Gasteiger partial charge in [0.05, 0.1) is 17.7 Å². The molecule has 0 fully saturated rings. The van der Waals surface area contributed by atoms with Gasteiger partial charge in [-0.15, -0.1) is 0 Å². The number of rotatable bonds is 3. The Bertz CT molecular complexity index is 782. The Morgan fingerprint density at radius 1 is 1.05 bits per heavy atom. The van der Waals surface area contributed by atoms with Gasteiger partial charge in [0.2, 0.25) is 0 Å². The Hall–Kier alpha value is -2.95. The van der Waals surface area contributed by atoms with Crippen molar-refractivity contribution < 1.29 is 6.29 Å². The van der Waals surface area contributed by atoms with Gasteiger partial charge in [-0.2, -0.15) is 5.10 Å². The van der Waals surface area contributed by atoms with E-state index in [0.29, 0.717) is 11.4 Å². The highest BCUT2D eigenvalue weighted by Crippen LogP contribution is 2.19. The minimum absolute atomic E-state index is 0.0146. The van der Waals surface area contributed by atoms with E-state index in [2.05, 4.69) is 5.10 Å². The monoisotopic (exact) mass is 266 g/mol. The number of nitro groups is 1. The second kappa shape index (κ2) is 4.97. The van der Waals surface area contributed by atoms with E-state index in [-0.39, 0.29) is 11.9 Å². The van der Waals surface area contributed by atoms with Crippen molar-refractivity contribution in [3.05, 3.63) is 77.0 Å². The molecule has 0 spiro atoms. The molecule has 0 N–H and O–H groups in total. The lowest BCUT2D eigenvalue weighted by molar-refractivity contribution is -0.384. The topological polar surface area (TPSA) is 61.0 Å². The van der Waals surface area contributed by atoms with E-state index < -0.39 is 4.92 Å². The normalized spacial score (nSPS) is 11.1. The molecule has 0 aliphatic rings. The summed E-state index contributed by atoms with van der Waals surface area (Å²) in [4.78, 5) is 10.2. The first kappa shape index (κ1) is 10.9. The molecule has 2 aromatic carbocycles. The van der Waals surface area contributed by atoms with Gasteiger partial charge in [-0.25, -0.2) is 4.68 Å². The third kappa shape index (κ3) is 2.29. The number of nitro benzene ring substituents is 1. The smallest absolute Gasteiger partial charge is 0.258 e. The quantitative estimate of drug-likeness (QED) is 0.539. The highest BCUT2D eigenvalue weighted by Gasteiger charge is 2.06. The van der Waals surface area contributed by atoms with Gasteiger partial charge in [-0.05, 0) is 18.2 Å². The average molecular weight is 266 g/mol. The van der Waals surface area contributed by atoms with Crippen LogP contribution in [0.5, 0.6) is 0 Å². The van der Waals surface area contributed by atoms with E-state index in [0.717, 1.165) is 5.56 Å². The molecule has 0 radical (unpaired) electrons. The fraction of sp³-hybridized carbons (Fsp3) is 0. The predicted octanol–water partition coefficient (Wildman–Crippen LogP) is 3.45. The maximum atomic E-state index is 10.7. The zero-order chi connectivity index (χ0) is 14.8. The van der Waals surface area contributed by atoms with Crippen LogP contribution in [0.3, 0.4) is 0 Å². The second-order valence-corrected chi connectivity index (χ2v) is 4.21. The maximum absolute atomic E-state index is 10.7. The van der Waals surface area contributed by atoms with Crippen molar-refractivity contribution in [2.45, 2.75) is 0 Å². The Labute approximate surface area is 116 Å². The van der Waals surface area contributed by atoms with E-state index in [4.69, 9.17) is 1.37 Å². The molecule has 3 rings (SSSR count). The van der Waals surface area contributed by atoms with Gasteiger partial charge in [-0.1, -0.05) is 30.3 Å². The van der Waals surface area contributed by atoms with Crippen molar-refractivity contribution in [2.75, 3.05) is 0 Å². The van der Waals surface area contributed by atoms with Gasteiger partial charge in [-0.3, -0.25) is 10.1 Å². The van der Waals surface area contributed by atoms with Crippen LogP contribution >= 0.6 is 0 Å². The van der Waals surface area contributed by atoms with Crippen LogP contribution in [0.1, 0.15) is 1.37 Å². The fourth-order valence-corrected chi connectivity index (χ4v) is 1.89. The summed E-state index contributed by atoms with van der Waals surface area (Å²) in [6.45, 7) is 0. The maximum Gasteiger partial charge on any atom is 0.269 e. The van der Waals surface area contributed by atoms with E-state index in [1.54, 1.807) is 18.2 Å². The molecule has 0 saturated heterocycles. The molecule has 5 nitrogen and oxygen atoms in total. The molecular weight excluding hydrogens is 254 g/mol. The zero-order valence-corrected chi connectivity index (χ0v) is 10.4. The summed E-state index contributed by atoms with van der Waals surface area (Å²) in [6.07, 6.45) is 0.225. The summed E-state index contributed by atoms with van der Waals surface area (Å²) in [5.74, 6) is 0. The number of nitrogens with zero attached hydrogens (tertiary/aromatic N) is 3. The Kier molecular flexibility index (Phi) is 2.71. The van der Waals surface area contributed by atoms with Gasteiger partial charge >= 0.3 is 0 Å². The number of hydrogen-bond donors (Lipinski definition) is 0. The Balaban J connectivity index is 2.00. The summed E-state index contributed by atoms with van der Waals surface area (Å²) < 4.78 is 9.43. The molecule has 0 amide bonds. The molecule has 0 unspecified atom stereocenters. The first-order valence-corrected chi connectivity index (χ1v) is 6.02. The first-order chi connectivity index (χ1) is 10.1. The molecule has 0 aliphatic carbocycles. The lowest BCUT2D eigenvalue weighted by Crippen LogP contribution is -1.95. The summed E-state index contributed by atoms with van der Waals surface area (Å²) in [7, 11) is 0. The third-order valence-electron chi connectivity index (χ3n) is 2.91. The number of aromatic nitrogens is 2. The third-order valence-corrected chi connectivity index (χ3v) is 2.91. The van der Waals surface area contributed by atoms with Gasteiger partial charge in [0.15, 0.2) is 0 Å². The highest BCUT2D eigenvalue weighted by molar-refractivity contribution is 5.58. The van der Waals surface area contributed by atoms with Crippen LogP contribution < -0.4 is 0 Å². The van der Waals surface area contributed by atoms with Gasteiger partial charge in [0.1, 0.15) is 0 Å². The fourth-order valence-electron chi connectivity index (χ4n) is 1.89. The highest BCUT2D eigenvalue weighted by atomic mass is 16.6. The molecule has 98 valence electrons. The molecule has 5 heteroatoms. The van der Waals surface area contributed by atoms with Crippen LogP contribution in [-0.2, 0) is 0 Å². The van der Waals surface area contributed by atoms with Crippen LogP contribution in [0, 0.1) is 10.1 Å². The standard InChI is InChI=1S/C15H11N3O2/c19-18(20)14-8-6-13(7-9-14)17-11-10-15(16-17)12-4-2-1-3-5-12/h1-11H/i11D. The molecule has 20 heavy (non-hydrogen) atoms. The minimum Gasteiger partial charge on any atom is -0.258 e.